The van der Waals surface area contributed by atoms with E-state index < -0.39 is 12.1 Å². The molecule has 1 rings (SSSR count). The van der Waals surface area contributed by atoms with Crippen molar-refractivity contribution in [3.8, 4) is 0 Å². The predicted octanol–water partition coefficient (Wildman–Crippen LogP) is 0.973. The maximum Gasteiger partial charge on any atom is 0.335 e. The molecule has 1 aromatic rings. The van der Waals surface area contributed by atoms with E-state index in [0.717, 1.165) is 17.1 Å². The normalized spacial score (nSPS) is 12.6. The average molecular weight is 198 g/mol. The number of methoxy groups -OCH3 is 1. The summed E-state index contributed by atoms with van der Waals surface area (Å²) in [7, 11) is 1.25. The number of carbonyl (C=O) groups excluding carboxylic acids is 1. The van der Waals surface area contributed by atoms with E-state index in [0.29, 0.717) is 0 Å². The molecule has 0 aliphatic carbocycles. The molecule has 0 amide bonds. The van der Waals surface area contributed by atoms with Crippen LogP contribution < -0.4 is 0 Å². The smallest absolute Gasteiger partial charge is 0.335 e. The SMILES string of the molecule is COC(=O)C(O)Cc1cc(C)oc1C. The molecule has 0 saturated carbocycles. The van der Waals surface area contributed by atoms with Gasteiger partial charge in [0.25, 0.3) is 0 Å². The molecule has 0 bridgehead atoms. The molecule has 0 fully saturated rings. The number of esters is 1. The van der Waals surface area contributed by atoms with Gasteiger partial charge in [0, 0.05) is 6.42 Å². The number of aliphatic hydroxyl groups is 1. The number of hydrogen-bond donors (Lipinski definition) is 1. The summed E-state index contributed by atoms with van der Waals surface area (Å²) in [5.74, 6) is 0.878. The Hall–Kier alpha value is -1.29. The molecule has 1 N–H and O–H groups in total. The van der Waals surface area contributed by atoms with Gasteiger partial charge in [0.2, 0.25) is 0 Å². The first kappa shape index (κ1) is 10.8. The van der Waals surface area contributed by atoms with E-state index in [1.807, 2.05) is 13.0 Å². The van der Waals surface area contributed by atoms with Crippen molar-refractivity contribution in [3.63, 3.8) is 0 Å². The van der Waals surface area contributed by atoms with Crippen LogP contribution in [0, 0.1) is 13.8 Å². The zero-order valence-corrected chi connectivity index (χ0v) is 8.53. The summed E-state index contributed by atoms with van der Waals surface area (Å²) in [4.78, 5) is 10.9. The van der Waals surface area contributed by atoms with E-state index in [4.69, 9.17) is 4.42 Å². The molecule has 78 valence electrons. The lowest BCUT2D eigenvalue weighted by atomic mass is 10.1. The molecule has 0 radical (unpaired) electrons. The second-order valence-electron chi connectivity index (χ2n) is 3.18. The van der Waals surface area contributed by atoms with Crippen molar-refractivity contribution in [1.82, 2.24) is 0 Å². The van der Waals surface area contributed by atoms with Gasteiger partial charge < -0.3 is 14.3 Å². The van der Waals surface area contributed by atoms with Crippen LogP contribution in [0.5, 0.6) is 0 Å². The van der Waals surface area contributed by atoms with Crippen LogP contribution in [0.2, 0.25) is 0 Å². The fraction of sp³-hybridized carbons (Fsp3) is 0.500. The van der Waals surface area contributed by atoms with Crippen molar-refractivity contribution in [1.29, 1.82) is 0 Å². The zero-order valence-electron chi connectivity index (χ0n) is 8.53. The molecule has 0 aliphatic rings. The number of furan rings is 1. The molecule has 1 heterocycles. The third-order valence-electron chi connectivity index (χ3n) is 2.03. The summed E-state index contributed by atoms with van der Waals surface area (Å²) in [5.41, 5.74) is 0.834. The molecular weight excluding hydrogens is 184 g/mol. The van der Waals surface area contributed by atoms with Crippen molar-refractivity contribution >= 4 is 5.97 Å². The molecular formula is C10H14O4. The van der Waals surface area contributed by atoms with Crippen molar-refractivity contribution < 1.29 is 19.1 Å². The highest BCUT2D eigenvalue weighted by Gasteiger charge is 2.18. The molecule has 1 atom stereocenters. The van der Waals surface area contributed by atoms with E-state index >= 15 is 0 Å². The second-order valence-corrected chi connectivity index (χ2v) is 3.18. The maximum absolute atomic E-state index is 10.9. The second kappa shape index (κ2) is 4.28. The topological polar surface area (TPSA) is 59.7 Å². The zero-order chi connectivity index (χ0) is 10.7. The summed E-state index contributed by atoms with van der Waals surface area (Å²) in [5, 5.41) is 9.39. The van der Waals surface area contributed by atoms with Gasteiger partial charge in [0.15, 0.2) is 6.10 Å². The Kier molecular flexibility index (Phi) is 3.30. The fourth-order valence-electron chi connectivity index (χ4n) is 1.31. The van der Waals surface area contributed by atoms with Gasteiger partial charge in [-0.2, -0.15) is 0 Å². The van der Waals surface area contributed by atoms with Crippen LogP contribution >= 0.6 is 0 Å². The first-order valence-electron chi connectivity index (χ1n) is 4.36. The number of ether oxygens (including phenoxy) is 1. The highest BCUT2D eigenvalue weighted by Crippen LogP contribution is 2.15. The van der Waals surface area contributed by atoms with Gasteiger partial charge in [-0.15, -0.1) is 0 Å². The van der Waals surface area contributed by atoms with Crippen molar-refractivity contribution in [2.75, 3.05) is 7.11 Å². The lowest BCUT2D eigenvalue weighted by Crippen LogP contribution is -2.24. The molecule has 0 spiro atoms. The Morgan fingerprint density at radius 1 is 1.64 bits per heavy atom. The first-order valence-corrected chi connectivity index (χ1v) is 4.36. The van der Waals surface area contributed by atoms with Crippen LogP contribution in [-0.2, 0) is 16.0 Å². The Bertz CT molecular complexity index is 327. The van der Waals surface area contributed by atoms with Crippen LogP contribution in [-0.4, -0.2) is 24.3 Å². The number of aryl methyl sites for hydroxylation is 2. The quantitative estimate of drug-likeness (QED) is 0.735. The molecule has 1 unspecified atom stereocenters. The van der Waals surface area contributed by atoms with Crippen LogP contribution in [0.15, 0.2) is 10.5 Å². The average Bonchev–Trinajstić information content (AvgIpc) is 2.44. The van der Waals surface area contributed by atoms with Crippen molar-refractivity contribution in [2.24, 2.45) is 0 Å². The van der Waals surface area contributed by atoms with E-state index in [-0.39, 0.29) is 6.42 Å². The van der Waals surface area contributed by atoms with E-state index in [1.54, 1.807) is 6.92 Å². The van der Waals surface area contributed by atoms with Gasteiger partial charge in [-0.25, -0.2) is 4.79 Å². The van der Waals surface area contributed by atoms with Crippen molar-refractivity contribution in [3.05, 3.63) is 23.2 Å². The Morgan fingerprint density at radius 3 is 2.71 bits per heavy atom. The molecule has 0 saturated heterocycles. The number of rotatable bonds is 3. The van der Waals surface area contributed by atoms with Gasteiger partial charge >= 0.3 is 5.97 Å². The van der Waals surface area contributed by atoms with Crippen LogP contribution in [0.1, 0.15) is 17.1 Å². The Morgan fingerprint density at radius 2 is 2.29 bits per heavy atom. The largest absolute Gasteiger partial charge is 0.467 e. The van der Waals surface area contributed by atoms with E-state index in [9.17, 15) is 9.90 Å². The summed E-state index contributed by atoms with van der Waals surface area (Å²) < 4.78 is 9.68. The highest BCUT2D eigenvalue weighted by atomic mass is 16.5. The molecule has 1 aromatic heterocycles. The Balaban J connectivity index is 2.69. The van der Waals surface area contributed by atoms with E-state index in [1.165, 1.54) is 7.11 Å². The van der Waals surface area contributed by atoms with E-state index in [2.05, 4.69) is 4.74 Å². The standard InChI is InChI=1S/C10H14O4/c1-6-4-8(7(2)14-6)5-9(11)10(12)13-3/h4,9,11H,5H2,1-3H3. The lowest BCUT2D eigenvalue weighted by Gasteiger charge is -2.06. The first-order chi connectivity index (χ1) is 6.54. The number of carbonyl (C=O) groups is 1. The number of aliphatic hydroxyl groups excluding tert-OH is 1. The van der Waals surface area contributed by atoms with Crippen LogP contribution in [0.3, 0.4) is 0 Å². The minimum atomic E-state index is -1.12. The molecule has 0 aliphatic heterocycles. The summed E-state index contributed by atoms with van der Waals surface area (Å²) in [6, 6.07) is 1.81. The molecule has 4 heteroatoms. The fourth-order valence-corrected chi connectivity index (χ4v) is 1.31. The minimum Gasteiger partial charge on any atom is -0.467 e. The lowest BCUT2D eigenvalue weighted by molar-refractivity contribution is -0.150. The highest BCUT2D eigenvalue weighted by molar-refractivity contribution is 5.74. The summed E-state index contributed by atoms with van der Waals surface area (Å²) in [6.45, 7) is 3.62. The van der Waals surface area contributed by atoms with Gasteiger partial charge in [-0.3, -0.25) is 0 Å². The summed E-state index contributed by atoms with van der Waals surface area (Å²) >= 11 is 0. The molecule has 14 heavy (non-hydrogen) atoms. The van der Waals surface area contributed by atoms with Crippen LogP contribution in [0.4, 0.5) is 0 Å². The van der Waals surface area contributed by atoms with Gasteiger partial charge in [0.1, 0.15) is 11.5 Å². The number of hydrogen-bond acceptors (Lipinski definition) is 4. The molecule has 4 nitrogen and oxygen atoms in total. The van der Waals surface area contributed by atoms with Gasteiger partial charge in [-0.1, -0.05) is 0 Å². The van der Waals surface area contributed by atoms with Crippen LogP contribution in [0.25, 0.3) is 0 Å². The minimum absolute atomic E-state index is 0.232. The van der Waals surface area contributed by atoms with Gasteiger partial charge in [0.05, 0.1) is 7.11 Å². The monoisotopic (exact) mass is 198 g/mol. The molecule has 0 aromatic carbocycles. The maximum atomic E-state index is 10.9. The van der Waals surface area contributed by atoms with Gasteiger partial charge in [-0.05, 0) is 25.5 Å². The summed E-state index contributed by atoms with van der Waals surface area (Å²) in [6.07, 6.45) is -0.883. The predicted molar refractivity (Wildman–Crippen MR) is 49.9 cm³/mol. The third kappa shape index (κ3) is 2.35. The Labute approximate surface area is 82.5 Å². The third-order valence-corrected chi connectivity index (χ3v) is 2.03. The van der Waals surface area contributed by atoms with Crippen molar-refractivity contribution in [2.45, 2.75) is 26.4 Å².